The van der Waals surface area contributed by atoms with Gasteiger partial charge < -0.3 is 15.4 Å². The number of hydrogen-bond donors (Lipinski definition) is 3. The standard InChI is InChI=1S/C21H25N3O4/c1-14(2)23-21(27)24-19(25)15(3)28-18-12-8-7-11-17(18)20(26)22-13-16-9-5-4-6-10-16/h4-12,14-15H,13H2,1-3H3,(H,22,26)(H2,23,24,25,27)/t15-/m1/s1. The van der Waals surface area contributed by atoms with Crippen LogP contribution in [0.3, 0.4) is 0 Å². The average Bonchev–Trinajstić information content (AvgIpc) is 2.66. The molecule has 148 valence electrons. The zero-order chi connectivity index (χ0) is 20.5. The summed E-state index contributed by atoms with van der Waals surface area (Å²) in [6.07, 6.45) is -0.957. The van der Waals surface area contributed by atoms with Gasteiger partial charge in [0.2, 0.25) is 0 Å². The predicted molar refractivity (Wildman–Crippen MR) is 106 cm³/mol. The monoisotopic (exact) mass is 383 g/mol. The van der Waals surface area contributed by atoms with E-state index in [0.29, 0.717) is 12.1 Å². The van der Waals surface area contributed by atoms with Crippen molar-refractivity contribution in [1.29, 1.82) is 0 Å². The van der Waals surface area contributed by atoms with Crippen molar-refractivity contribution in [3.05, 3.63) is 65.7 Å². The van der Waals surface area contributed by atoms with E-state index < -0.39 is 18.0 Å². The highest BCUT2D eigenvalue weighted by molar-refractivity contribution is 5.98. The van der Waals surface area contributed by atoms with E-state index in [1.165, 1.54) is 6.92 Å². The maximum Gasteiger partial charge on any atom is 0.321 e. The number of amides is 4. The molecule has 7 nitrogen and oxygen atoms in total. The van der Waals surface area contributed by atoms with Crippen molar-refractivity contribution in [3.8, 4) is 5.75 Å². The van der Waals surface area contributed by atoms with Gasteiger partial charge in [0.15, 0.2) is 6.10 Å². The number of nitrogens with one attached hydrogen (secondary N) is 3. The maximum absolute atomic E-state index is 12.5. The SMILES string of the molecule is CC(C)NC(=O)NC(=O)[C@@H](C)Oc1ccccc1C(=O)NCc1ccccc1. The van der Waals surface area contributed by atoms with Crippen LogP contribution in [0, 0.1) is 0 Å². The van der Waals surface area contributed by atoms with Gasteiger partial charge in [-0.25, -0.2) is 4.79 Å². The first-order valence-electron chi connectivity index (χ1n) is 9.06. The fraction of sp³-hybridized carbons (Fsp3) is 0.286. The lowest BCUT2D eigenvalue weighted by molar-refractivity contribution is -0.126. The molecule has 2 aromatic carbocycles. The second kappa shape index (κ2) is 10.1. The van der Waals surface area contributed by atoms with Gasteiger partial charge in [-0.3, -0.25) is 14.9 Å². The van der Waals surface area contributed by atoms with Gasteiger partial charge in [0.1, 0.15) is 5.75 Å². The normalized spacial score (nSPS) is 11.4. The minimum Gasteiger partial charge on any atom is -0.480 e. The quantitative estimate of drug-likeness (QED) is 0.685. The number of hydrogen-bond acceptors (Lipinski definition) is 4. The highest BCUT2D eigenvalue weighted by atomic mass is 16.5. The minimum absolute atomic E-state index is 0.0990. The third kappa shape index (κ3) is 6.42. The molecule has 0 aliphatic carbocycles. The zero-order valence-corrected chi connectivity index (χ0v) is 16.2. The zero-order valence-electron chi connectivity index (χ0n) is 16.2. The topological polar surface area (TPSA) is 96.5 Å². The third-order valence-corrected chi connectivity index (χ3v) is 3.76. The summed E-state index contributed by atoms with van der Waals surface area (Å²) in [5, 5.41) is 7.60. The highest BCUT2D eigenvalue weighted by Crippen LogP contribution is 2.19. The van der Waals surface area contributed by atoms with E-state index in [0.717, 1.165) is 5.56 Å². The second-order valence-corrected chi connectivity index (χ2v) is 6.54. The van der Waals surface area contributed by atoms with Crippen LogP contribution in [0.5, 0.6) is 5.75 Å². The summed E-state index contributed by atoms with van der Waals surface area (Å²) in [5.41, 5.74) is 1.28. The van der Waals surface area contributed by atoms with Crippen LogP contribution in [0.4, 0.5) is 4.79 Å². The number of para-hydroxylation sites is 1. The second-order valence-electron chi connectivity index (χ2n) is 6.54. The Hall–Kier alpha value is -3.35. The summed E-state index contributed by atoms with van der Waals surface area (Å²) >= 11 is 0. The first kappa shape index (κ1) is 21.0. The van der Waals surface area contributed by atoms with Gasteiger partial charge in [0.05, 0.1) is 5.56 Å². The van der Waals surface area contributed by atoms with Crippen LogP contribution in [0.2, 0.25) is 0 Å². The largest absolute Gasteiger partial charge is 0.480 e. The fourth-order valence-corrected chi connectivity index (χ4v) is 2.39. The molecule has 0 aliphatic rings. The van der Waals surface area contributed by atoms with Gasteiger partial charge in [0, 0.05) is 12.6 Å². The number of imide groups is 1. The molecule has 3 N–H and O–H groups in total. The van der Waals surface area contributed by atoms with E-state index in [9.17, 15) is 14.4 Å². The smallest absolute Gasteiger partial charge is 0.321 e. The van der Waals surface area contributed by atoms with Gasteiger partial charge in [0.25, 0.3) is 11.8 Å². The first-order valence-corrected chi connectivity index (χ1v) is 9.06. The molecule has 28 heavy (non-hydrogen) atoms. The molecule has 0 aliphatic heterocycles. The molecule has 0 radical (unpaired) electrons. The van der Waals surface area contributed by atoms with Gasteiger partial charge in [-0.05, 0) is 38.5 Å². The first-order chi connectivity index (χ1) is 13.4. The van der Waals surface area contributed by atoms with Crippen molar-refractivity contribution in [2.45, 2.75) is 39.5 Å². The van der Waals surface area contributed by atoms with Crippen LogP contribution in [0.25, 0.3) is 0 Å². The molecule has 1 atom stereocenters. The minimum atomic E-state index is -0.957. The van der Waals surface area contributed by atoms with Crippen LogP contribution in [0.1, 0.15) is 36.7 Å². The molecule has 2 aromatic rings. The Labute approximate surface area is 164 Å². The lowest BCUT2D eigenvalue weighted by Gasteiger charge is -2.17. The van der Waals surface area contributed by atoms with Gasteiger partial charge in [-0.2, -0.15) is 0 Å². The summed E-state index contributed by atoms with van der Waals surface area (Å²) in [7, 11) is 0. The van der Waals surface area contributed by atoms with E-state index in [1.807, 2.05) is 30.3 Å². The van der Waals surface area contributed by atoms with Crippen LogP contribution in [-0.4, -0.2) is 30.0 Å². The Morgan fingerprint density at radius 1 is 0.929 bits per heavy atom. The molecule has 0 fully saturated rings. The van der Waals surface area contributed by atoms with Gasteiger partial charge >= 0.3 is 6.03 Å². The molecule has 0 saturated carbocycles. The van der Waals surface area contributed by atoms with Crippen LogP contribution >= 0.6 is 0 Å². The summed E-state index contributed by atoms with van der Waals surface area (Å²) in [4.78, 5) is 36.3. The molecule has 7 heteroatoms. The van der Waals surface area contributed by atoms with Crippen molar-refractivity contribution in [1.82, 2.24) is 16.0 Å². The molecule has 0 unspecified atom stereocenters. The predicted octanol–water partition coefficient (Wildman–Crippen LogP) is 2.62. The third-order valence-electron chi connectivity index (χ3n) is 3.76. The van der Waals surface area contributed by atoms with E-state index in [-0.39, 0.29) is 17.7 Å². The van der Waals surface area contributed by atoms with Crippen molar-refractivity contribution in [2.75, 3.05) is 0 Å². The van der Waals surface area contributed by atoms with Crippen molar-refractivity contribution < 1.29 is 19.1 Å². The molecule has 4 amide bonds. The van der Waals surface area contributed by atoms with Crippen LogP contribution < -0.4 is 20.7 Å². The number of rotatable bonds is 7. The summed E-state index contributed by atoms with van der Waals surface area (Å²) in [6, 6.07) is 15.5. The van der Waals surface area contributed by atoms with Crippen molar-refractivity contribution in [2.24, 2.45) is 0 Å². The average molecular weight is 383 g/mol. The molecule has 0 saturated heterocycles. The Kier molecular flexibility index (Phi) is 7.56. The highest BCUT2D eigenvalue weighted by Gasteiger charge is 2.20. The number of urea groups is 1. The van der Waals surface area contributed by atoms with E-state index in [2.05, 4.69) is 16.0 Å². The van der Waals surface area contributed by atoms with Crippen LogP contribution in [-0.2, 0) is 11.3 Å². The lowest BCUT2D eigenvalue weighted by Crippen LogP contribution is -2.47. The van der Waals surface area contributed by atoms with E-state index in [4.69, 9.17) is 4.74 Å². The van der Waals surface area contributed by atoms with Gasteiger partial charge in [-0.15, -0.1) is 0 Å². The fourth-order valence-electron chi connectivity index (χ4n) is 2.39. The Morgan fingerprint density at radius 3 is 2.25 bits per heavy atom. The summed E-state index contributed by atoms with van der Waals surface area (Å²) in [5.74, 6) is -0.651. The molecule has 0 aromatic heterocycles. The van der Waals surface area contributed by atoms with E-state index >= 15 is 0 Å². The Bertz CT molecular complexity index is 821. The molecule has 2 rings (SSSR count). The van der Waals surface area contributed by atoms with Gasteiger partial charge in [-0.1, -0.05) is 42.5 Å². The molecular weight excluding hydrogens is 358 g/mol. The number of benzene rings is 2. The number of carbonyl (C=O) groups is 3. The summed E-state index contributed by atoms with van der Waals surface area (Å²) in [6.45, 7) is 5.46. The maximum atomic E-state index is 12.5. The van der Waals surface area contributed by atoms with Crippen LogP contribution in [0.15, 0.2) is 54.6 Å². The molecule has 0 bridgehead atoms. The lowest BCUT2D eigenvalue weighted by atomic mass is 10.1. The van der Waals surface area contributed by atoms with E-state index in [1.54, 1.807) is 38.1 Å². The Balaban J connectivity index is 1.99. The number of ether oxygens (including phenoxy) is 1. The molecular formula is C21H25N3O4. The Morgan fingerprint density at radius 2 is 1.57 bits per heavy atom. The van der Waals surface area contributed by atoms with Crippen molar-refractivity contribution >= 4 is 17.8 Å². The summed E-state index contributed by atoms with van der Waals surface area (Å²) < 4.78 is 5.63. The molecule has 0 spiro atoms. The molecule has 0 heterocycles. The van der Waals surface area contributed by atoms with Crippen molar-refractivity contribution in [3.63, 3.8) is 0 Å². The number of carbonyl (C=O) groups excluding carboxylic acids is 3.